The first-order chi connectivity index (χ1) is 14.8. The molecule has 3 aromatic rings. The maximum Gasteiger partial charge on any atom is 0.268 e. The van der Waals surface area contributed by atoms with Gasteiger partial charge in [0, 0.05) is 6.20 Å². The maximum atomic E-state index is 11.3. The zero-order valence-corrected chi connectivity index (χ0v) is 18.4. The number of aliphatic hydroxyl groups excluding tert-OH is 1. The van der Waals surface area contributed by atoms with Crippen LogP contribution in [0.2, 0.25) is 0 Å². The first kappa shape index (κ1) is 22.6. The zero-order valence-electron chi connectivity index (χ0n) is 18.4. The van der Waals surface area contributed by atoms with Crippen LogP contribution >= 0.6 is 0 Å². The number of carbonyl (C=O) groups is 1. The van der Waals surface area contributed by atoms with E-state index >= 15 is 0 Å². The van der Waals surface area contributed by atoms with Crippen LogP contribution in [0.4, 0.5) is 0 Å². The lowest BCUT2D eigenvalue weighted by molar-refractivity contribution is 0.0994. The van der Waals surface area contributed by atoms with E-state index in [1.807, 2.05) is 24.3 Å². The van der Waals surface area contributed by atoms with Crippen LogP contribution in [0.15, 0.2) is 61.1 Å². The molecule has 1 amide bonds. The van der Waals surface area contributed by atoms with Gasteiger partial charge in [-0.2, -0.15) is 0 Å². The Morgan fingerprint density at radius 3 is 2.45 bits per heavy atom. The SMILES string of the molecule is CC(C)c1ccc(COc2ccccc2CCC(C(C)O)n2cnc(C(N)=O)c2)cc1. The normalized spacial score (nSPS) is 13.2. The number of nitrogens with zero attached hydrogens (tertiary/aromatic N) is 2. The van der Waals surface area contributed by atoms with Gasteiger partial charge in [-0.15, -0.1) is 0 Å². The molecule has 164 valence electrons. The van der Waals surface area contributed by atoms with Crippen molar-refractivity contribution in [1.29, 1.82) is 0 Å². The van der Waals surface area contributed by atoms with E-state index in [0.29, 0.717) is 25.4 Å². The summed E-state index contributed by atoms with van der Waals surface area (Å²) in [5.41, 5.74) is 9.00. The van der Waals surface area contributed by atoms with Crippen molar-refractivity contribution in [3.05, 3.63) is 83.4 Å². The summed E-state index contributed by atoms with van der Waals surface area (Å²) >= 11 is 0. The van der Waals surface area contributed by atoms with Crippen molar-refractivity contribution in [2.45, 2.75) is 58.3 Å². The van der Waals surface area contributed by atoms with Gasteiger partial charge in [0.25, 0.3) is 5.91 Å². The van der Waals surface area contributed by atoms with Crippen LogP contribution in [0.1, 0.15) is 66.3 Å². The fourth-order valence-corrected chi connectivity index (χ4v) is 3.60. The van der Waals surface area contributed by atoms with Crippen LogP contribution in [0.3, 0.4) is 0 Å². The minimum atomic E-state index is -0.609. The number of amides is 1. The molecule has 0 saturated heterocycles. The Balaban J connectivity index is 1.66. The summed E-state index contributed by atoms with van der Waals surface area (Å²) in [5.74, 6) is 0.763. The van der Waals surface area contributed by atoms with E-state index < -0.39 is 12.0 Å². The topological polar surface area (TPSA) is 90.4 Å². The predicted octanol–water partition coefficient (Wildman–Crippen LogP) is 4.24. The van der Waals surface area contributed by atoms with Gasteiger partial charge in [0.05, 0.1) is 18.5 Å². The van der Waals surface area contributed by atoms with E-state index in [0.717, 1.165) is 16.9 Å². The number of nitrogens with two attached hydrogens (primary N) is 1. The van der Waals surface area contributed by atoms with Crippen LogP contribution < -0.4 is 10.5 Å². The third kappa shape index (κ3) is 5.95. The molecule has 3 N–H and O–H groups in total. The molecule has 0 saturated carbocycles. The summed E-state index contributed by atoms with van der Waals surface area (Å²) < 4.78 is 7.87. The van der Waals surface area contributed by atoms with Gasteiger partial charge < -0.3 is 20.1 Å². The number of rotatable bonds is 10. The molecule has 1 aromatic heterocycles. The molecule has 0 spiro atoms. The summed E-state index contributed by atoms with van der Waals surface area (Å²) in [6, 6.07) is 16.2. The number of para-hydroxylation sites is 1. The molecule has 0 aliphatic heterocycles. The summed E-state index contributed by atoms with van der Waals surface area (Å²) in [5, 5.41) is 10.3. The summed E-state index contributed by atoms with van der Waals surface area (Å²) in [4.78, 5) is 15.4. The number of carbonyl (C=O) groups excluding carboxylic acids is 1. The van der Waals surface area contributed by atoms with Crippen LogP contribution in [0, 0.1) is 0 Å². The minimum Gasteiger partial charge on any atom is -0.489 e. The fourth-order valence-electron chi connectivity index (χ4n) is 3.60. The summed E-state index contributed by atoms with van der Waals surface area (Å²) in [6.07, 6.45) is 3.89. The highest BCUT2D eigenvalue weighted by Crippen LogP contribution is 2.26. The number of hydrogen-bond donors (Lipinski definition) is 2. The molecule has 3 rings (SSSR count). The highest BCUT2D eigenvalue weighted by atomic mass is 16.5. The second-order valence-corrected chi connectivity index (χ2v) is 8.21. The van der Waals surface area contributed by atoms with Crippen molar-refractivity contribution in [3.63, 3.8) is 0 Å². The number of ether oxygens (including phenoxy) is 1. The number of primary amides is 1. The van der Waals surface area contributed by atoms with Crippen molar-refractivity contribution in [2.75, 3.05) is 0 Å². The molecule has 0 radical (unpaired) electrons. The molecular weight excluding hydrogens is 390 g/mol. The van der Waals surface area contributed by atoms with Crippen LogP contribution in [-0.4, -0.2) is 26.7 Å². The standard InChI is InChI=1S/C25H31N3O3/c1-17(2)20-10-8-19(9-11-20)15-31-24-7-5-4-6-21(24)12-13-23(18(3)29)28-14-22(25(26)30)27-16-28/h4-11,14,16-18,23,29H,12-13,15H2,1-3H3,(H2,26,30). The molecule has 0 fully saturated rings. The van der Waals surface area contributed by atoms with E-state index in [1.165, 1.54) is 5.56 Å². The van der Waals surface area contributed by atoms with Gasteiger partial charge in [-0.05, 0) is 48.4 Å². The van der Waals surface area contributed by atoms with Gasteiger partial charge >= 0.3 is 0 Å². The lowest BCUT2D eigenvalue weighted by atomic mass is 10.0. The van der Waals surface area contributed by atoms with E-state index in [1.54, 1.807) is 24.0 Å². The number of hydrogen-bond acceptors (Lipinski definition) is 4. The zero-order chi connectivity index (χ0) is 22.4. The Labute approximate surface area is 183 Å². The number of aliphatic hydroxyl groups is 1. The molecular formula is C25H31N3O3. The smallest absolute Gasteiger partial charge is 0.268 e. The monoisotopic (exact) mass is 421 g/mol. The summed E-state index contributed by atoms with van der Waals surface area (Å²) in [7, 11) is 0. The van der Waals surface area contributed by atoms with Gasteiger partial charge in [0.15, 0.2) is 0 Å². The number of benzene rings is 2. The lowest BCUT2D eigenvalue weighted by Gasteiger charge is -2.22. The quantitative estimate of drug-likeness (QED) is 0.512. The van der Waals surface area contributed by atoms with E-state index in [9.17, 15) is 9.90 Å². The predicted molar refractivity (Wildman–Crippen MR) is 121 cm³/mol. The second kappa shape index (κ2) is 10.3. The van der Waals surface area contributed by atoms with Gasteiger partial charge in [0.1, 0.15) is 18.1 Å². The van der Waals surface area contributed by atoms with Gasteiger partial charge in [-0.25, -0.2) is 4.98 Å². The number of aromatic nitrogens is 2. The van der Waals surface area contributed by atoms with Crippen molar-refractivity contribution < 1.29 is 14.6 Å². The Bertz CT molecular complexity index is 993. The van der Waals surface area contributed by atoms with Crippen molar-refractivity contribution in [2.24, 2.45) is 5.73 Å². The highest BCUT2D eigenvalue weighted by molar-refractivity contribution is 5.90. The maximum absolute atomic E-state index is 11.3. The molecule has 0 aliphatic rings. The Morgan fingerprint density at radius 2 is 1.84 bits per heavy atom. The van der Waals surface area contributed by atoms with Crippen molar-refractivity contribution >= 4 is 5.91 Å². The molecule has 31 heavy (non-hydrogen) atoms. The molecule has 0 bridgehead atoms. The van der Waals surface area contributed by atoms with Crippen LogP contribution in [-0.2, 0) is 13.0 Å². The highest BCUT2D eigenvalue weighted by Gasteiger charge is 2.19. The van der Waals surface area contributed by atoms with E-state index in [4.69, 9.17) is 10.5 Å². The van der Waals surface area contributed by atoms with Crippen LogP contribution in [0.5, 0.6) is 5.75 Å². The van der Waals surface area contributed by atoms with Crippen molar-refractivity contribution in [3.8, 4) is 5.75 Å². The Kier molecular flexibility index (Phi) is 7.47. The average Bonchev–Trinajstić information content (AvgIpc) is 3.23. The van der Waals surface area contributed by atoms with Gasteiger partial charge in [0.2, 0.25) is 0 Å². The Hall–Kier alpha value is -3.12. The molecule has 2 aromatic carbocycles. The van der Waals surface area contributed by atoms with Crippen LogP contribution in [0.25, 0.3) is 0 Å². The second-order valence-electron chi connectivity index (χ2n) is 8.21. The first-order valence-corrected chi connectivity index (χ1v) is 10.7. The third-order valence-corrected chi connectivity index (χ3v) is 5.52. The largest absolute Gasteiger partial charge is 0.489 e. The van der Waals surface area contributed by atoms with Gasteiger partial charge in [-0.1, -0.05) is 56.3 Å². The molecule has 2 atom stereocenters. The average molecular weight is 422 g/mol. The fraction of sp³-hybridized carbons (Fsp3) is 0.360. The third-order valence-electron chi connectivity index (χ3n) is 5.52. The molecule has 6 heteroatoms. The molecule has 6 nitrogen and oxygen atoms in total. The van der Waals surface area contributed by atoms with Gasteiger partial charge in [-0.3, -0.25) is 4.79 Å². The summed E-state index contributed by atoms with van der Waals surface area (Å²) in [6.45, 7) is 6.60. The Morgan fingerprint density at radius 1 is 1.13 bits per heavy atom. The van der Waals surface area contributed by atoms with Crippen molar-refractivity contribution in [1.82, 2.24) is 9.55 Å². The van der Waals surface area contributed by atoms with E-state index in [2.05, 4.69) is 43.1 Å². The molecule has 0 aliphatic carbocycles. The lowest BCUT2D eigenvalue weighted by Crippen LogP contribution is -2.21. The molecule has 2 unspecified atom stereocenters. The number of aryl methyl sites for hydroxylation is 1. The number of imidazole rings is 1. The minimum absolute atomic E-state index is 0.192. The van der Waals surface area contributed by atoms with E-state index in [-0.39, 0.29) is 11.7 Å². The molecule has 1 heterocycles. The first-order valence-electron chi connectivity index (χ1n) is 10.7.